The maximum Gasteiger partial charge on any atom is 0.306 e. The summed E-state index contributed by atoms with van der Waals surface area (Å²) in [6.07, 6.45) is 1.04. The summed E-state index contributed by atoms with van der Waals surface area (Å²) in [5.74, 6) is -1.26. The predicted octanol–water partition coefficient (Wildman–Crippen LogP) is 3.80. The van der Waals surface area contributed by atoms with Crippen molar-refractivity contribution in [1.82, 2.24) is 0 Å². The number of carbonyl (C=O) groups is 1. The Morgan fingerprint density at radius 1 is 1.37 bits per heavy atom. The van der Waals surface area contributed by atoms with Crippen LogP contribution in [0.5, 0.6) is 0 Å². The van der Waals surface area contributed by atoms with E-state index < -0.39 is 17.2 Å². The molecule has 0 aromatic heterocycles. The van der Waals surface area contributed by atoms with Gasteiger partial charge < -0.3 is 4.74 Å². The van der Waals surface area contributed by atoms with Crippen molar-refractivity contribution in [2.45, 2.75) is 45.1 Å². The number of hydrogen-bond donors (Lipinski definition) is 0. The molecule has 0 saturated heterocycles. The molecule has 1 aromatic carbocycles. The lowest BCUT2D eigenvalue weighted by atomic mass is 10.1. The van der Waals surface area contributed by atoms with Crippen molar-refractivity contribution >= 4 is 5.97 Å². The lowest BCUT2D eigenvalue weighted by molar-refractivity contribution is -0.155. The van der Waals surface area contributed by atoms with Crippen molar-refractivity contribution in [2.75, 3.05) is 0 Å². The van der Waals surface area contributed by atoms with E-state index in [1.807, 2.05) is 20.8 Å². The second-order valence-corrected chi connectivity index (χ2v) is 6.06. The van der Waals surface area contributed by atoms with Gasteiger partial charge in [-0.3, -0.25) is 4.79 Å². The lowest BCUT2D eigenvalue weighted by Crippen LogP contribution is -2.24. The van der Waals surface area contributed by atoms with Gasteiger partial charge in [0, 0.05) is 12.5 Å². The molecule has 1 aromatic rings. The van der Waals surface area contributed by atoms with Gasteiger partial charge in [-0.05, 0) is 50.7 Å². The van der Waals surface area contributed by atoms with Crippen molar-refractivity contribution < 1.29 is 18.3 Å². The first-order valence-corrected chi connectivity index (χ1v) is 6.43. The molecule has 2 atom stereocenters. The first-order valence-electron chi connectivity index (χ1n) is 6.43. The summed E-state index contributed by atoms with van der Waals surface area (Å²) >= 11 is 0. The van der Waals surface area contributed by atoms with Crippen molar-refractivity contribution in [3.8, 4) is 0 Å². The molecule has 2 nitrogen and oxygen atoms in total. The molecule has 0 aliphatic heterocycles. The Bertz CT molecular complexity index is 491. The highest BCUT2D eigenvalue weighted by Crippen LogP contribution is 2.50. The Morgan fingerprint density at radius 2 is 2.05 bits per heavy atom. The summed E-state index contributed by atoms with van der Waals surface area (Å²) in [5.41, 5.74) is -0.00209. The van der Waals surface area contributed by atoms with E-state index in [1.165, 1.54) is 12.1 Å². The molecule has 0 heterocycles. The third kappa shape index (κ3) is 3.75. The standard InChI is InChI=1S/C15H18F2O2/c1-15(2,3)19-14(18)7-9-6-12(9)11-5-4-10(16)8-13(11)17/h4-5,8-9,12H,6-7H2,1-3H3. The summed E-state index contributed by atoms with van der Waals surface area (Å²) in [4.78, 5) is 11.6. The molecule has 1 saturated carbocycles. The minimum Gasteiger partial charge on any atom is -0.460 e. The van der Waals surface area contributed by atoms with Gasteiger partial charge in [0.25, 0.3) is 0 Å². The van der Waals surface area contributed by atoms with Crippen LogP contribution in [0.4, 0.5) is 8.78 Å². The number of rotatable bonds is 3. The van der Waals surface area contributed by atoms with Crippen LogP contribution in [0.25, 0.3) is 0 Å². The van der Waals surface area contributed by atoms with Crippen LogP contribution in [0.3, 0.4) is 0 Å². The van der Waals surface area contributed by atoms with Gasteiger partial charge in [-0.15, -0.1) is 0 Å². The smallest absolute Gasteiger partial charge is 0.306 e. The van der Waals surface area contributed by atoms with E-state index in [1.54, 1.807) is 0 Å². The molecule has 104 valence electrons. The van der Waals surface area contributed by atoms with E-state index in [0.29, 0.717) is 12.0 Å². The normalized spacial score (nSPS) is 22.2. The monoisotopic (exact) mass is 268 g/mol. The lowest BCUT2D eigenvalue weighted by Gasteiger charge is -2.19. The number of esters is 1. The summed E-state index contributed by atoms with van der Waals surface area (Å²) in [7, 11) is 0. The number of ether oxygens (including phenoxy) is 1. The molecule has 4 heteroatoms. The van der Waals surface area contributed by atoms with E-state index >= 15 is 0 Å². The van der Waals surface area contributed by atoms with Gasteiger partial charge in [0.15, 0.2) is 0 Å². The fourth-order valence-corrected chi connectivity index (χ4v) is 2.25. The molecular formula is C15H18F2O2. The van der Waals surface area contributed by atoms with Crippen LogP contribution < -0.4 is 0 Å². The molecule has 1 aliphatic carbocycles. The minimum absolute atomic E-state index is 0.00752. The number of benzene rings is 1. The molecule has 0 N–H and O–H groups in total. The van der Waals surface area contributed by atoms with Crippen LogP contribution >= 0.6 is 0 Å². The maximum atomic E-state index is 13.6. The highest BCUT2D eigenvalue weighted by atomic mass is 19.1. The fourth-order valence-electron chi connectivity index (χ4n) is 2.25. The first-order chi connectivity index (χ1) is 8.76. The van der Waals surface area contributed by atoms with E-state index in [4.69, 9.17) is 4.74 Å². The Balaban J connectivity index is 1.92. The minimum atomic E-state index is -0.578. The van der Waals surface area contributed by atoms with E-state index in [0.717, 1.165) is 12.5 Å². The van der Waals surface area contributed by atoms with Crippen LogP contribution in [0.15, 0.2) is 18.2 Å². The van der Waals surface area contributed by atoms with Crippen LogP contribution in [-0.4, -0.2) is 11.6 Å². The molecule has 0 spiro atoms. The molecule has 19 heavy (non-hydrogen) atoms. The highest BCUT2D eigenvalue weighted by molar-refractivity contribution is 5.71. The van der Waals surface area contributed by atoms with Crippen LogP contribution in [0, 0.1) is 17.6 Å². The first kappa shape index (κ1) is 14.0. The Morgan fingerprint density at radius 3 is 2.63 bits per heavy atom. The quantitative estimate of drug-likeness (QED) is 0.779. The molecule has 0 bridgehead atoms. The fraction of sp³-hybridized carbons (Fsp3) is 0.533. The summed E-state index contributed by atoms with van der Waals surface area (Å²) in [6.45, 7) is 5.44. The zero-order valence-corrected chi connectivity index (χ0v) is 11.4. The van der Waals surface area contributed by atoms with Crippen molar-refractivity contribution in [2.24, 2.45) is 5.92 Å². The highest BCUT2D eigenvalue weighted by Gasteiger charge is 2.41. The second kappa shape index (κ2) is 4.91. The average Bonchev–Trinajstić information content (AvgIpc) is 2.93. The van der Waals surface area contributed by atoms with Crippen molar-refractivity contribution in [3.05, 3.63) is 35.4 Å². The second-order valence-electron chi connectivity index (χ2n) is 6.06. The van der Waals surface area contributed by atoms with Crippen molar-refractivity contribution in [1.29, 1.82) is 0 Å². The molecular weight excluding hydrogens is 250 g/mol. The zero-order chi connectivity index (χ0) is 14.2. The Hall–Kier alpha value is -1.45. The molecule has 1 aliphatic rings. The van der Waals surface area contributed by atoms with Crippen LogP contribution in [0.2, 0.25) is 0 Å². The third-order valence-corrected chi connectivity index (χ3v) is 3.13. The third-order valence-electron chi connectivity index (χ3n) is 3.13. The van der Waals surface area contributed by atoms with Gasteiger partial charge in [-0.25, -0.2) is 8.78 Å². The van der Waals surface area contributed by atoms with Gasteiger partial charge in [0.2, 0.25) is 0 Å². The molecule has 1 fully saturated rings. The van der Waals surface area contributed by atoms with Gasteiger partial charge >= 0.3 is 5.97 Å². The predicted molar refractivity (Wildman–Crippen MR) is 67.7 cm³/mol. The average molecular weight is 268 g/mol. The molecule has 0 amide bonds. The molecule has 0 radical (unpaired) electrons. The van der Waals surface area contributed by atoms with Gasteiger partial charge in [-0.2, -0.15) is 0 Å². The topological polar surface area (TPSA) is 26.3 Å². The van der Waals surface area contributed by atoms with Crippen LogP contribution in [0.1, 0.15) is 45.1 Å². The summed E-state index contributed by atoms with van der Waals surface area (Å²) in [6, 6.07) is 3.60. The van der Waals surface area contributed by atoms with E-state index in [2.05, 4.69) is 0 Å². The van der Waals surface area contributed by atoms with Crippen molar-refractivity contribution in [3.63, 3.8) is 0 Å². The van der Waals surface area contributed by atoms with Gasteiger partial charge in [-0.1, -0.05) is 6.07 Å². The van der Waals surface area contributed by atoms with E-state index in [9.17, 15) is 13.6 Å². The molecule has 2 unspecified atom stereocenters. The summed E-state index contributed by atoms with van der Waals surface area (Å²) in [5, 5.41) is 0. The number of hydrogen-bond acceptors (Lipinski definition) is 2. The Kier molecular flexibility index (Phi) is 3.61. The number of carbonyl (C=O) groups excluding carboxylic acids is 1. The SMILES string of the molecule is CC(C)(C)OC(=O)CC1CC1c1ccc(F)cc1F. The largest absolute Gasteiger partial charge is 0.460 e. The van der Waals surface area contributed by atoms with Gasteiger partial charge in [0.05, 0.1) is 0 Å². The number of halogens is 2. The van der Waals surface area contributed by atoms with Crippen LogP contribution in [-0.2, 0) is 9.53 Å². The zero-order valence-electron chi connectivity index (χ0n) is 11.4. The van der Waals surface area contributed by atoms with Gasteiger partial charge in [0.1, 0.15) is 17.2 Å². The maximum absolute atomic E-state index is 13.6. The molecule has 2 rings (SSSR count). The summed E-state index contributed by atoms with van der Waals surface area (Å²) < 4.78 is 31.6. The van der Waals surface area contributed by atoms with E-state index in [-0.39, 0.29) is 17.8 Å². The Labute approximate surface area is 111 Å².